The van der Waals surface area contributed by atoms with Crippen molar-refractivity contribution in [1.29, 1.82) is 0 Å². The fraction of sp³-hybridized carbons (Fsp3) is 0.200. The molecule has 0 atom stereocenters. The number of rotatable bonds is 7. The van der Waals surface area contributed by atoms with Gasteiger partial charge < -0.3 is 5.32 Å². The molecular formula is C20H20N2O2S. The molecule has 5 heteroatoms. The van der Waals surface area contributed by atoms with E-state index in [4.69, 9.17) is 0 Å². The van der Waals surface area contributed by atoms with Crippen LogP contribution < -0.4 is 5.32 Å². The summed E-state index contributed by atoms with van der Waals surface area (Å²) >= 11 is 1.77. The third kappa shape index (κ3) is 4.12. The second-order valence-electron chi connectivity index (χ2n) is 5.77. The third-order valence-corrected chi connectivity index (χ3v) is 5.05. The molecule has 25 heavy (non-hydrogen) atoms. The summed E-state index contributed by atoms with van der Waals surface area (Å²) in [6.07, 6.45) is 0. The van der Waals surface area contributed by atoms with E-state index in [1.807, 2.05) is 36.4 Å². The van der Waals surface area contributed by atoms with Gasteiger partial charge in [-0.3, -0.25) is 14.5 Å². The van der Waals surface area contributed by atoms with Gasteiger partial charge >= 0.3 is 0 Å². The van der Waals surface area contributed by atoms with E-state index >= 15 is 0 Å². The van der Waals surface area contributed by atoms with Crippen LogP contribution in [-0.4, -0.2) is 35.6 Å². The van der Waals surface area contributed by atoms with E-state index in [1.54, 1.807) is 17.8 Å². The van der Waals surface area contributed by atoms with Crippen molar-refractivity contribution in [2.24, 2.45) is 0 Å². The molecule has 0 spiro atoms. The molecule has 0 saturated carbocycles. The highest BCUT2D eigenvalue weighted by Crippen LogP contribution is 2.30. The number of benzene rings is 2. The van der Waals surface area contributed by atoms with Crippen LogP contribution >= 0.6 is 11.8 Å². The molecule has 2 aromatic rings. The number of thioether (sulfide) groups is 1. The van der Waals surface area contributed by atoms with Crippen LogP contribution in [0.2, 0.25) is 0 Å². The maximum absolute atomic E-state index is 12.4. The first-order valence-corrected chi connectivity index (χ1v) is 9.31. The molecule has 0 aromatic heterocycles. The number of nitrogens with one attached hydrogen (secondary N) is 1. The number of fused-ring (bicyclic) bond motifs is 1. The monoisotopic (exact) mass is 352 g/mol. The Bertz CT molecular complexity index is 754. The van der Waals surface area contributed by atoms with Gasteiger partial charge in [0.1, 0.15) is 6.54 Å². The minimum Gasteiger partial charge on any atom is -0.354 e. The first kappa shape index (κ1) is 17.3. The van der Waals surface area contributed by atoms with Crippen molar-refractivity contribution in [2.45, 2.75) is 5.75 Å². The topological polar surface area (TPSA) is 49.4 Å². The number of hydrogen-bond acceptors (Lipinski definition) is 3. The van der Waals surface area contributed by atoms with Crippen molar-refractivity contribution >= 4 is 29.3 Å². The van der Waals surface area contributed by atoms with E-state index in [1.165, 1.54) is 10.5 Å². The Balaban J connectivity index is 1.41. The lowest BCUT2D eigenvalue weighted by Gasteiger charge is -2.16. The quantitative estimate of drug-likeness (QED) is 0.779. The van der Waals surface area contributed by atoms with Crippen molar-refractivity contribution in [3.8, 4) is 0 Å². The zero-order chi connectivity index (χ0) is 17.6. The van der Waals surface area contributed by atoms with Gasteiger partial charge in [0.25, 0.3) is 5.91 Å². The molecule has 1 aliphatic rings. The summed E-state index contributed by atoms with van der Waals surface area (Å²) in [6, 6.07) is 17.5. The largest absolute Gasteiger partial charge is 0.354 e. The van der Waals surface area contributed by atoms with Crippen molar-refractivity contribution in [3.63, 3.8) is 0 Å². The van der Waals surface area contributed by atoms with Crippen LogP contribution in [0.25, 0.3) is 5.70 Å². The summed E-state index contributed by atoms with van der Waals surface area (Å²) in [5.74, 6) is 1.43. The third-order valence-electron chi connectivity index (χ3n) is 4.02. The smallest absolute Gasteiger partial charge is 0.259 e. The number of carbonyl (C=O) groups is 2. The molecular weight excluding hydrogens is 332 g/mol. The lowest BCUT2D eigenvalue weighted by molar-refractivity contribution is -0.121. The first-order valence-electron chi connectivity index (χ1n) is 8.15. The Labute approximate surface area is 151 Å². The van der Waals surface area contributed by atoms with Crippen LogP contribution in [0.15, 0.2) is 61.2 Å². The minimum absolute atomic E-state index is 0.00962. The average Bonchev–Trinajstić information content (AvgIpc) is 2.88. The lowest BCUT2D eigenvalue weighted by Crippen LogP contribution is -2.37. The van der Waals surface area contributed by atoms with Gasteiger partial charge in [0.15, 0.2) is 0 Å². The molecule has 0 radical (unpaired) electrons. The average molecular weight is 352 g/mol. The highest BCUT2D eigenvalue weighted by atomic mass is 32.2. The van der Waals surface area contributed by atoms with Crippen molar-refractivity contribution in [1.82, 2.24) is 10.2 Å². The molecule has 4 nitrogen and oxygen atoms in total. The van der Waals surface area contributed by atoms with Crippen molar-refractivity contribution < 1.29 is 9.59 Å². The molecule has 1 N–H and O–H groups in total. The normalized spacial score (nSPS) is 13.0. The van der Waals surface area contributed by atoms with Crippen LogP contribution in [0.5, 0.6) is 0 Å². The molecule has 0 aliphatic carbocycles. The molecule has 0 bridgehead atoms. The second-order valence-corrected chi connectivity index (χ2v) is 6.88. The molecule has 1 aliphatic heterocycles. The molecule has 3 rings (SSSR count). The molecule has 0 fully saturated rings. The van der Waals surface area contributed by atoms with Crippen LogP contribution in [0.4, 0.5) is 0 Å². The van der Waals surface area contributed by atoms with Crippen LogP contribution in [0, 0.1) is 0 Å². The minimum atomic E-state index is -0.164. The van der Waals surface area contributed by atoms with E-state index in [0.717, 1.165) is 17.1 Å². The SMILES string of the molecule is C=C1c2ccccc2C(=O)N1CC(=O)NCCSCc1ccccc1. The van der Waals surface area contributed by atoms with Crippen LogP contribution in [0.3, 0.4) is 0 Å². The molecule has 2 aromatic carbocycles. The van der Waals surface area contributed by atoms with Gasteiger partial charge in [-0.25, -0.2) is 0 Å². The molecule has 1 heterocycles. The summed E-state index contributed by atoms with van der Waals surface area (Å²) in [7, 11) is 0. The zero-order valence-corrected chi connectivity index (χ0v) is 14.7. The van der Waals surface area contributed by atoms with Gasteiger partial charge in [-0.15, -0.1) is 0 Å². The Morgan fingerprint density at radius 3 is 2.44 bits per heavy atom. The summed E-state index contributed by atoms with van der Waals surface area (Å²) in [6.45, 7) is 4.54. The molecule has 128 valence electrons. The highest BCUT2D eigenvalue weighted by Gasteiger charge is 2.31. The van der Waals surface area contributed by atoms with Gasteiger partial charge in [-0.2, -0.15) is 11.8 Å². The van der Waals surface area contributed by atoms with Crippen LogP contribution in [0.1, 0.15) is 21.5 Å². The predicted molar refractivity (Wildman–Crippen MR) is 102 cm³/mol. The summed E-state index contributed by atoms with van der Waals surface area (Å²) in [4.78, 5) is 25.9. The van der Waals surface area contributed by atoms with E-state index in [2.05, 4.69) is 24.0 Å². The van der Waals surface area contributed by atoms with Crippen molar-refractivity contribution in [3.05, 3.63) is 77.9 Å². The fourth-order valence-electron chi connectivity index (χ4n) is 2.73. The van der Waals surface area contributed by atoms with E-state index in [9.17, 15) is 9.59 Å². The van der Waals surface area contributed by atoms with Gasteiger partial charge in [-0.05, 0) is 11.6 Å². The van der Waals surface area contributed by atoms with Crippen LogP contribution in [-0.2, 0) is 10.5 Å². The molecule has 0 saturated heterocycles. The Kier molecular flexibility index (Phi) is 5.56. The first-order chi connectivity index (χ1) is 12.2. The second kappa shape index (κ2) is 8.03. The molecule has 0 unspecified atom stereocenters. The number of nitrogens with zero attached hydrogens (tertiary/aromatic N) is 1. The molecule has 2 amide bonds. The lowest BCUT2D eigenvalue weighted by atomic mass is 10.1. The Morgan fingerprint density at radius 1 is 1.04 bits per heavy atom. The maximum atomic E-state index is 12.4. The fourth-order valence-corrected chi connectivity index (χ4v) is 3.55. The van der Waals surface area contributed by atoms with E-state index in [0.29, 0.717) is 17.8 Å². The summed E-state index contributed by atoms with van der Waals surface area (Å²) in [5.41, 5.74) is 3.28. The van der Waals surface area contributed by atoms with E-state index < -0.39 is 0 Å². The Hall–Kier alpha value is -2.53. The predicted octanol–water partition coefficient (Wildman–Crippen LogP) is 3.16. The summed E-state index contributed by atoms with van der Waals surface area (Å²) in [5, 5.41) is 2.87. The van der Waals surface area contributed by atoms with Gasteiger partial charge in [0.05, 0.1) is 0 Å². The van der Waals surface area contributed by atoms with Gasteiger partial charge in [0, 0.05) is 34.9 Å². The highest BCUT2D eigenvalue weighted by molar-refractivity contribution is 7.98. The number of amides is 2. The van der Waals surface area contributed by atoms with Gasteiger partial charge in [-0.1, -0.05) is 55.1 Å². The summed E-state index contributed by atoms with van der Waals surface area (Å²) < 4.78 is 0. The standard InChI is InChI=1S/C20H20N2O2S/c1-15-17-9-5-6-10-18(17)20(24)22(15)13-19(23)21-11-12-25-14-16-7-3-2-4-8-16/h2-10H,1,11-14H2,(H,21,23). The number of carbonyl (C=O) groups excluding carboxylic acids is 2. The van der Waals surface area contributed by atoms with E-state index in [-0.39, 0.29) is 18.4 Å². The maximum Gasteiger partial charge on any atom is 0.259 e. The number of hydrogen-bond donors (Lipinski definition) is 1. The van der Waals surface area contributed by atoms with Crippen molar-refractivity contribution in [2.75, 3.05) is 18.8 Å². The zero-order valence-electron chi connectivity index (χ0n) is 13.9. The van der Waals surface area contributed by atoms with Gasteiger partial charge in [0.2, 0.25) is 5.91 Å². The Morgan fingerprint density at radius 2 is 1.72 bits per heavy atom.